The van der Waals surface area contributed by atoms with E-state index < -0.39 is 0 Å². The summed E-state index contributed by atoms with van der Waals surface area (Å²) in [6.07, 6.45) is 0. The molecule has 0 unspecified atom stereocenters. The zero-order valence-electron chi connectivity index (χ0n) is 14.2. The van der Waals surface area contributed by atoms with Crippen molar-refractivity contribution in [1.29, 1.82) is 0 Å². The lowest BCUT2D eigenvalue weighted by molar-refractivity contribution is -0.895. The number of carbonyl (C=O) groups is 1. The van der Waals surface area contributed by atoms with Gasteiger partial charge in [-0.2, -0.15) is 0 Å². The zero-order chi connectivity index (χ0) is 17.2. The van der Waals surface area contributed by atoms with Gasteiger partial charge in [0.1, 0.15) is 0 Å². The second-order valence-corrected chi connectivity index (χ2v) is 6.29. The second-order valence-electron chi connectivity index (χ2n) is 5.90. The molecule has 3 N–H and O–H groups in total. The average molecular weight is 351 g/mol. The number of hydrogen-bond acceptors (Lipinski definition) is 3. The van der Waals surface area contributed by atoms with Gasteiger partial charge in [-0.25, -0.2) is 0 Å². The molecule has 1 aromatic rings. The van der Waals surface area contributed by atoms with Gasteiger partial charge in [0.15, 0.2) is 11.7 Å². The highest BCUT2D eigenvalue weighted by molar-refractivity contribution is 7.80. The number of ether oxygens (including phenoxy) is 1. The van der Waals surface area contributed by atoms with E-state index in [4.69, 9.17) is 17.0 Å². The Bertz CT molecular complexity index is 519. The maximum atomic E-state index is 11.8. The summed E-state index contributed by atoms with van der Waals surface area (Å²) >= 11 is 5.48. The molecular formula is C17H27N4O2S+. The first kappa shape index (κ1) is 18.6. The highest BCUT2D eigenvalue weighted by atomic mass is 32.1. The molecule has 1 fully saturated rings. The number of quaternary nitrogens is 1. The van der Waals surface area contributed by atoms with Crippen LogP contribution in [0.2, 0.25) is 0 Å². The fourth-order valence-corrected chi connectivity index (χ4v) is 2.92. The Balaban J connectivity index is 1.64. The van der Waals surface area contributed by atoms with Gasteiger partial charge >= 0.3 is 0 Å². The molecule has 0 bridgehead atoms. The van der Waals surface area contributed by atoms with E-state index >= 15 is 0 Å². The van der Waals surface area contributed by atoms with Crippen LogP contribution in [-0.2, 0) is 16.1 Å². The van der Waals surface area contributed by atoms with Crippen LogP contribution in [0.15, 0.2) is 30.3 Å². The molecule has 0 atom stereocenters. The molecule has 1 saturated heterocycles. The highest BCUT2D eigenvalue weighted by Gasteiger charge is 2.23. The van der Waals surface area contributed by atoms with Crippen molar-refractivity contribution in [1.82, 2.24) is 15.5 Å². The van der Waals surface area contributed by atoms with Crippen LogP contribution in [-0.4, -0.2) is 68.9 Å². The van der Waals surface area contributed by atoms with E-state index in [1.807, 2.05) is 18.2 Å². The van der Waals surface area contributed by atoms with E-state index in [0.29, 0.717) is 19.7 Å². The van der Waals surface area contributed by atoms with Crippen molar-refractivity contribution in [3.63, 3.8) is 0 Å². The Labute approximate surface area is 149 Å². The Kier molecular flexibility index (Phi) is 7.94. The molecule has 0 spiro atoms. The topological polar surface area (TPSA) is 58.0 Å². The number of nitrogens with one attached hydrogen (secondary N) is 3. The van der Waals surface area contributed by atoms with E-state index in [0.717, 1.165) is 37.8 Å². The fraction of sp³-hybridized carbons (Fsp3) is 0.529. The van der Waals surface area contributed by atoms with Gasteiger partial charge in [-0.1, -0.05) is 30.3 Å². The molecule has 2 rings (SSSR count). The molecule has 1 aromatic carbocycles. The molecular weight excluding hydrogens is 324 g/mol. The van der Waals surface area contributed by atoms with Crippen LogP contribution in [0.4, 0.5) is 0 Å². The molecule has 1 aliphatic heterocycles. The number of thiocarbonyl (C=S) groups is 1. The second kappa shape index (κ2) is 10.2. The first-order chi connectivity index (χ1) is 11.7. The summed E-state index contributed by atoms with van der Waals surface area (Å²) in [6.45, 7) is 5.98. The lowest BCUT2D eigenvalue weighted by Gasteiger charge is -2.33. The predicted molar refractivity (Wildman–Crippen MR) is 97.9 cm³/mol. The molecule has 1 aliphatic rings. The molecule has 132 valence electrons. The Hall–Kier alpha value is -1.70. The lowest BCUT2D eigenvalue weighted by Crippen LogP contribution is -3.16. The molecule has 0 saturated carbocycles. The van der Waals surface area contributed by atoms with Crippen LogP contribution >= 0.6 is 12.2 Å². The number of piperazine rings is 1. The van der Waals surface area contributed by atoms with Crippen molar-refractivity contribution in [3.8, 4) is 0 Å². The van der Waals surface area contributed by atoms with E-state index in [2.05, 4.69) is 27.7 Å². The first-order valence-electron chi connectivity index (χ1n) is 8.35. The van der Waals surface area contributed by atoms with Crippen LogP contribution in [0.1, 0.15) is 5.56 Å². The van der Waals surface area contributed by atoms with Crippen LogP contribution < -0.4 is 15.5 Å². The predicted octanol–water partition coefficient (Wildman–Crippen LogP) is -0.976. The summed E-state index contributed by atoms with van der Waals surface area (Å²) in [6, 6.07) is 10.2. The minimum atomic E-state index is 0.0836. The number of hydrogen-bond donors (Lipinski definition) is 3. The van der Waals surface area contributed by atoms with Crippen molar-refractivity contribution in [3.05, 3.63) is 35.9 Å². The van der Waals surface area contributed by atoms with Gasteiger partial charge in [0.2, 0.25) is 0 Å². The van der Waals surface area contributed by atoms with Gasteiger partial charge in [-0.3, -0.25) is 4.79 Å². The number of amides is 1. The van der Waals surface area contributed by atoms with E-state index in [1.54, 1.807) is 7.11 Å². The van der Waals surface area contributed by atoms with Gasteiger partial charge in [-0.05, 0) is 17.8 Å². The third-order valence-corrected chi connectivity index (χ3v) is 4.49. The number of nitrogens with zero attached hydrogens (tertiary/aromatic N) is 1. The Morgan fingerprint density at radius 3 is 2.62 bits per heavy atom. The first-order valence-corrected chi connectivity index (χ1v) is 8.76. The molecule has 0 radical (unpaired) electrons. The largest absolute Gasteiger partial charge is 0.383 e. The lowest BCUT2D eigenvalue weighted by atomic mass is 10.2. The van der Waals surface area contributed by atoms with Crippen LogP contribution in [0.25, 0.3) is 0 Å². The maximum Gasteiger partial charge on any atom is 0.275 e. The summed E-state index contributed by atoms with van der Waals surface area (Å²) in [5.41, 5.74) is 1.22. The number of rotatable bonds is 7. The minimum absolute atomic E-state index is 0.0836. The van der Waals surface area contributed by atoms with Crippen LogP contribution in [0, 0.1) is 0 Å². The third-order valence-electron chi connectivity index (χ3n) is 4.08. The number of benzene rings is 1. The molecule has 7 heteroatoms. The van der Waals surface area contributed by atoms with Crippen LogP contribution in [0.5, 0.6) is 0 Å². The third kappa shape index (κ3) is 6.43. The summed E-state index contributed by atoms with van der Waals surface area (Å²) in [5, 5.41) is 6.97. The Morgan fingerprint density at radius 2 is 1.96 bits per heavy atom. The van der Waals surface area contributed by atoms with Crippen molar-refractivity contribution in [2.24, 2.45) is 0 Å². The fourth-order valence-electron chi connectivity index (χ4n) is 2.67. The van der Waals surface area contributed by atoms with E-state index in [-0.39, 0.29) is 5.91 Å². The van der Waals surface area contributed by atoms with Crippen molar-refractivity contribution >= 4 is 23.2 Å². The summed E-state index contributed by atoms with van der Waals surface area (Å²) in [4.78, 5) is 15.3. The monoisotopic (exact) mass is 351 g/mol. The highest BCUT2D eigenvalue weighted by Crippen LogP contribution is 1.99. The van der Waals surface area contributed by atoms with Gasteiger partial charge < -0.3 is 25.2 Å². The van der Waals surface area contributed by atoms with Gasteiger partial charge in [-0.15, -0.1) is 0 Å². The molecule has 1 amide bonds. The molecule has 6 nitrogen and oxygen atoms in total. The number of carbonyl (C=O) groups excluding carboxylic acids is 1. The van der Waals surface area contributed by atoms with Crippen molar-refractivity contribution in [2.45, 2.75) is 6.54 Å². The van der Waals surface area contributed by atoms with Gasteiger partial charge in [0, 0.05) is 20.2 Å². The maximum absolute atomic E-state index is 11.8. The van der Waals surface area contributed by atoms with Crippen molar-refractivity contribution < 1.29 is 14.4 Å². The summed E-state index contributed by atoms with van der Waals surface area (Å²) in [5.74, 6) is 0.0836. The molecule has 1 heterocycles. The zero-order valence-corrected chi connectivity index (χ0v) is 15.0. The molecule has 0 aliphatic carbocycles. The molecule has 24 heavy (non-hydrogen) atoms. The van der Waals surface area contributed by atoms with Gasteiger partial charge in [0.25, 0.3) is 5.91 Å². The summed E-state index contributed by atoms with van der Waals surface area (Å²) in [7, 11) is 1.63. The normalized spacial score (nSPS) is 15.1. The average Bonchev–Trinajstić information content (AvgIpc) is 2.61. The Morgan fingerprint density at radius 1 is 1.25 bits per heavy atom. The minimum Gasteiger partial charge on any atom is -0.383 e. The van der Waals surface area contributed by atoms with E-state index in [9.17, 15) is 4.79 Å². The summed E-state index contributed by atoms with van der Waals surface area (Å²) < 4.78 is 4.93. The quantitative estimate of drug-likeness (QED) is 0.436. The van der Waals surface area contributed by atoms with Crippen LogP contribution in [0.3, 0.4) is 0 Å². The smallest absolute Gasteiger partial charge is 0.275 e. The molecule has 0 aromatic heterocycles. The van der Waals surface area contributed by atoms with Crippen molar-refractivity contribution in [2.75, 3.05) is 53.0 Å². The SMILES string of the molecule is COCCNC(=O)C[NH+]1CCN(C(=S)NCc2ccccc2)CC1. The van der Waals surface area contributed by atoms with Gasteiger partial charge in [0.05, 0.1) is 32.8 Å². The van der Waals surface area contributed by atoms with E-state index in [1.165, 1.54) is 10.5 Å². The number of methoxy groups -OCH3 is 1. The standard InChI is InChI=1S/C17H26N4O2S/c1-23-12-7-18-16(22)14-20-8-10-21(11-9-20)17(24)19-13-15-5-3-2-4-6-15/h2-6H,7-14H2,1H3,(H,18,22)(H,19,24)/p+1.